The van der Waals surface area contributed by atoms with Crippen molar-refractivity contribution in [3.8, 4) is 0 Å². The molecule has 0 spiro atoms. The normalized spacial score (nSPS) is 20.4. The van der Waals surface area contributed by atoms with Crippen molar-refractivity contribution in [3.05, 3.63) is 29.8 Å². The highest BCUT2D eigenvalue weighted by Gasteiger charge is 2.32. The van der Waals surface area contributed by atoms with E-state index in [4.69, 9.17) is 0 Å². The van der Waals surface area contributed by atoms with Gasteiger partial charge >= 0.3 is 0 Å². The number of anilines is 1. The summed E-state index contributed by atoms with van der Waals surface area (Å²) in [7, 11) is 3.76. The van der Waals surface area contributed by atoms with Crippen LogP contribution in [0, 0.1) is 6.92 Å². The van der Waals surface area contributed by atoms with Crippen molar-refractivity contribution >= 4 is 11.6 Å². The molecule has 2 rings (SSSR count). The minimum Gasteiger partial charge on any atom is -0.357 e. The monoisotopic (exact) mass is 247 g/mol. The molecule has 1 aromatic carbocycles. The summed E-state index contributed by atoms with van der Waals surface area (Å²) in [6.45, 7) is 4.43. The van der Waals surface area contributed by atoms with Crippen LogP contribution in [0.2, 0.25) is 0 Å². The SMILES string of the molecule is CNCC1C(=O)N(C)CCN1c1cccc(C)c1. The number of carbonyl (C=O) groups is 1. The average Bonchev–Trinajstić information content (AvgIpc) is 2.35. The van der Waals surface area contributed by atoms with E-state index in [2.05, 4.69) is 35.3 Å². The molecule has 98 valence electrons. The molecule has 1 aromatic rings. The van der Waals surface area contributed by atoms with Gasteiger partial charge in [0.1, 0.15) is 6.04 Å². The molecule has 1 atom stereocenters. The van der Waals surface area contributed by atoms with Crippen molar-refractivity contribution < 1.29 is 4.79 Å². The topological polar surface area (TPSA) is 35.6 Å². The van der Waals surface area contributed by atoms with Crippen LogP contribution in [0.4, 0.5) is 5.69 Å². The number of rotatable bonds is 3. The van der Waals surface area contributed by atoms with E-state index in [1.807, 2.05) is 25.1 Å². The molecule has 0 saturated carbocycles. The smallest absolute Gasteiger partial charge is 0.246 e. The molecule has 0 aliphatic carbocycles. The van der Waals surface area contributed by atoms with E-state index in [9.17, 15) is 4.79 Å². The van der Waals surface area contributed by atoms with Crippen LogP contribution >= 0.6 is 0 Å². The standard InChI is InChI=1S/C14H21N3O/c1-11-5-4-6-12(9-11)17-8-7-16(3)14(18)13(17)10-15-2/h4-6,9,13,15H,7-8,10H2,1-3H3. The molecular weight excluding hydrogens is 226 g/mol. The van der Waals surface area contributed by atoms with E-state index < -0.39 is 0 Å². The zero-order chi connectivity index (χ0) is 13.1. The molecule has 0 aromatic heterocycles. The summed E-state index contributed by atoms with van der Waals surface area (Å²) in [4.78, 5) is 16.2. The van der Waals surface area contributed by atoms with Gasteiger partial charge in [-0.15, -0.1) is 0 Å². The van der Waals surface area contributed by atoms with Crippen molar-refractivity contribution in [1.29, 1.82) is 0 Å². The highest BCUT2D eigenvalue weighted by atomic mass is 16.2. The van der Waals surface area contributed by atoms with Crippen LogP contribution in [0.15, 0.2) is 24.3 Å². The second-order valence-electron chi connectivity index (χ2n) is 4.87. The van der Waals surface area contributed by atoms with Crippen molar-refractivity contribution in [1.82, 2.24) is 10.2 Å². The van der Waals surface area contributed by atoms with Gasteiger partial charge in [-0.2, -0.15) is 0 Å². The molecule has 1 heterocycles. The number of benzene rings is 1. The Hall–Kier alpha value is -1.55. The van der Waals surface area contributed by atoms with Crippen LogP contribution in [0.5, 0.6) is 0 Å². The largest absolute Gasteiger partial charge is 0.357 e. The van der Waals surface area contributed by atoms with E-state index in [0.29, 0.717) is 6.54 Å². The maximum atomic E-state index is 12.2. The Bertz CT molecular complexity index is 433. The summed E-state index contributed by atoms with van der Waals surface area (Å²) in [6.07, 6.45) is 0. The summed E-state index contributed by atoms with van der Waals surface area (Å²) in [5.41, 5.74) is 2.36. The highest BCUT2D eigenvalue weighted by molar-refractivity contribution is 5.86. The Morgan fingerprint density at radius 3 is 2.83 bits per heavy atom. The fourth-order valence-corrected chi connectivity index (χ4v) is 2.42. The lowest BCUT2D eigenvalue weighted by molar-refractivity contribution is -0.132. The maximum absolute atomic E-state index is 12.2. The van der Waals surface area contributed by atoms with Crippen LogP contribution < -0.4 is 10.2 Å². The first kappa shape index (κ1) is 12.9. The molecule has 0 bridgehead atoms. The first-order valence-corrected chi connectivity index (χ1v) is 6.36. The van der Waals surface area contributed by atoms with Crippen LogP contribution in [0.1, 0.15) is 5.56 Å². The van der Waals surface area contributed by atoms with Crippen LogP contribution in [0.3, 0.4) is 0 Å². The molecule has 18 heavy (non-hydrogen) atoms. The molecule has 1 N–H and O–H groups in total. The van der Waals surface area contributed by atoms with Gasteiger partial charge in [0.15, 0.2) is 0 Å². The van der Waals surface area contributed by atoms with E-state index in [1.54, 1.807) is 0 Å². The number of likely N-dealkylation sites (N-methyl/N-ethyl adjacent to an activating group) is 2. The van der Waals surface area contributed by atoms with E-state index in [0.717, 1.165) is 18.8 Å². The lowest BCUT2D eigenvalue weighted by Crippen LogP contribution is -2.59. The second-order valence-corrected chi connectivity index (χ2v) is 4.87. The van der Waals surface area contributed by atoms with Crippen molar-refractivity contribution in [2.45, 2.75) is 13.0 Å². The Morgan fingerprint density at radius 2 is 2.17 bits per heavy atom. The Kier molecular flexibility index (Phi) is 3.87. The van der Waals surface area contributed by atoms with Crippen LogP contribution in [0.25, 0.3) is 0 Å². The number of carbonyl (C=O) groups excluding carboxylic acids is 1. The zero-order valence-electron chi connectivity index (χ0n) is 11.3. The predicted molar refractivity (Wildman–Crippen MR) is 73.9 cm³/mol. The summed E-state index contributed by atoms with van der Waals surface area (Å²) < 4.78 is 0. The predicted octanol–water partition coefficient (Wildman–Crippen LogP) is 0.861. The van der Waals surface area contributed by atoms with Gasteiger partial charge in [0, 0.05) is 32.4 Å². The van der Waals surface area contributed by atoms with Crippen molar-refractivity contribution in [2.24, 2.45) is 0 Å². The Labute approximate surface area is 109 Å². The third-order valence-corrected chi connectivity index (χ3v) is 3.44. The first-order chi connectivity index (χ1) is 8.63. The third kappa shape index (κ3) is 2.48. The highest BCUT2D eigenvalue weighted by Crippen LogP contribution is 2.21. The third-order valence-electron chi connectivity index (χ3n) is 3.44. The minimum atomic E-state index is -0.101. The molecular formula is C14H21N3O. The van der Waals surface area contributed by atoms with Gasteiger partial charge < -0.3 is 15.1 Å². The van der Waals surface area contributed by atoms with Crippen molar-refractivity contribution in [2.75, 3.05) is 38.6 Å². The summed E-state index contributed by atoms with van der Waals surface area (Å²) in [6, 6.07) is 8.24. The minimum absolute atomic E-state index is 0.101. The molecule has 1 saturated heterocycles. The lowest BCUT2D eigenvalue weighted by atomic mass is 10.1. The van der Waals surface area contributed by atoms with Gasteiger partial charge in [-0.1, -0.05) is 12.1 Å². The number of piperazine rings is 1. The number of aryl methyl sites for hydroxylation is 1. The van der Waals surface area contributed by atoms with Crippen LogP contribution in [-0.4, -0.2) is 50.6 Å². The van der Waals surface area contributed by atoms with E-state index >= 15 is 0 Å². The van der Waals surface area contributed by atoms with Gasteiger partial charge in [0.05, 0.1) is 0 Å². The van der Waals surface area contributed by atoms with Gasteiger partial charge in [-0.25, -0.2) is 0 Å². The number of hydrogen-bond donors (Lipinski definition) is 1. The van der Waals surface area contributed by atoms with Crippen molar-refractivity contribution in [3.63, 3.8) is 0 Å². The van der Waals surface area contributed by atoms with Gasteiger partial charge in [0.2, 0.25) is 5.91 Å². The van der Waals surface area contributed by atoms with E-state index in [-0.39, 0.29) is 11.9 Å². The molecule has 1 aliphatic heterocycles. The second kappa shape index (κ2) is 5.40. The Morgan fingerprint density at radius 1 is 1.39 bits per heavy atom. The van der Waals surface area contributed by atoms with E-state index in [1.165, 1.54) is 5.56 Å². The van der Waals surface area contributed by atoms with Gasteiger partial charge in [0.25, 0.3) is 0 Å². The maximum Gasteiger partial charge on any atom is 0.246 e. The first-order valence-electron chi connectivity index (χ1n) is 6.36. The molecule has 4 nitrogen and oxygen atoms in total. The average molecular weight is 247 g/mol. The van der Waals surface area contributed by atoms with Crippen LogP contribution in [-0.2, 0) is 4.79 Å². The fourth-order valence-electron chi connectivity index (χ4n) is 2.42. The number of hydrogen-bond acceptors (Lipinski definition) is 3. The zero-order valence-corrected chi connectivity index (χ0v) is 11.3. The van der Waals surface area contributed by atoms with Gasteiger partial charge in [-0.05, 0) is 31.7 Å². The molecule has 0 radical (unpaired) electrons. The molecule has 4 heteroatoms. The molecule has 1 aliphatic rings. The number of nitrogens with one attached hydrogen (secondary N) is 1. The number of nitrogens with zero attached hydrogens (tertiary/aromatic N) is 2. The summed E-state index contributed by atoms with van der Waals surface area (Å²) in [5.74, 6) is 0.192. The fraction of sp³-hybridized carbons (Fsp3) is 0.500. The Balaban J connectivity index is 2.27. The molecule has 1 fully saturated rings. The molecule has 1 unspecified atom stereocenters. The lowest BCUT2D eigenvalue weighted by Gasteiger charge is -2.40. The molecule has 1 amide bonds. The van der Waals surface area contributed by atoms with Gasteiger partial charge in [-0.3, -0.25) is 4.79 Å². The quantitative estimate of drug-likeness (QED) is 0.860. The summed E-state index contributed by atoms with van der Waals surface area (Å²) in [5, 5.41) is 3.11. The summed E-state index contributed by atoms with van der Waals surface area (Å²) >= 11 is 0. The number of amides is 1.